The Labute approximate surface area is 278 Å². The van der Waals surface area contributed by atoms with E-state index in [1.54, 1.807) is 0 Å². The zero-order valence-electron chi connectivity index (χ0n) is 28.0. The Kier molecular flexibility index (Phi) is 17.6. The molecule has 0 aromatic heterocycles. The van der Waals surface area contributed by atoms with Gasteiger partial charge in [-0.3, -0.25) is 14.4 Å². The lowest BCUT2D eigenvalue weighted by atomic mass is 9.99. The van der Waals surface area contributed by atoms with E-state index in [1.807, 2.05) is 37.3 Å². The largest absolute Gasteiger partial charge is 0.494 e. The Morgan fingerprint density at radius 2 is 1.54 bits per heavy atom. The van der Waals surface area contributed by atoms with Crippen molar-refractivity contribution in [3.05, 3.63) is 106 Å². The molecule has 0 saturated carbocycles. The number of carbonyl (C=O) groups excluding carboxylic acids is 2. The van der Waals surface area contributed by atoms with Gasteiger partial charge in [-0.25, -0.2) is 8.78 Å². The molecule has 12 heteroatoms. The molecule has 0 radical (unpaired) electrons. The zero-order valence-corrected chi connectivity index (χ0v) is 28.0. The number of amides is 2. The van der Waals surface area contributed by atoms with Crippen LogP contribution in [0.2, 0.25) is 0 Å². The summed E-state index contributed by atoms with van der Waals surface area (Å²) in [6, 6.07) is 15.8. The fraction of sp³-hybridized carbons (Fsp3) is 0.361. The molecule has 0 spiro atoms. The van der Waals surface area contributed by atoms with Crippen LogP contribution in [0, 0.1) is 11.6 Å². The second-order valence-corrected chi connectivity index (χ2v) is 10.6. The van der Waals surface area contributed by atoms with Crippen molar-refractivity contribution in [3.8, 4) is 5.75 Å². The van der Waals surface area contributed by atoms with Crippen molar-refractivity contribution in [1.29, 1.82) is 0 Å². The summed E-state index contributed by atoms with van der Waals surface area (Å²) in [5, 5.41) is 7.91. The number of hydrogen-bond donors (Lipinski definition) is 1. The Morgan fingerprint density at radius 1 is 0.938 bits per heavy atom. The molecule has 0 bridgehead atoms. The molecule has 2 amide bonds. The van der Waals surface area contributed by atoms with Gasteiger partial charge in [0.1, 0.15) is 5.82 Å². The highest BCUT2D eigenvalue weighted by Gasteiger charge is 2.35. The number of methoxy groups -OCH3 is 1. The van der Waals surface area contributed by atoms with Gasteiger partial charge in [-0.2, -0.15) is 13.2 Å². The molecule has 1 N–H and O–H groups in total. The fourth-order valence-corrected chi connectivity index (χ4v) is 4.31. The molecule has 0 saturated heterocycles. The molecular formula is C36H43F5N2O5. The molecule has 0 atom stereocenters. The van der Waals surface area contributed by atoms with Crippen molar-refractivity contribution in [1.82, 2.24) is 9.80 Å². The number of carboxylic acid groups (broad SMARTS) is 1. The molecular weight excluding hydrogens is 635 g/mol. The number of rotatable bonds is 12. The summed E-state index contributed by atoms with van der Waals surface area (Å²) in [7, 11) is 2.72. The molecule has 3 rings (SSSR count). The molecule has 0 aliphatic carbocycles. The summed E-state index contributed by atoms with van der Waals surface area (Å²) in [5.41, 5.74) is -1.76. The summed E-state index contributed by atoms with van der Waals surface area (Å²) < 4.78 is 75.8. The molecule has 0 heterocycles. The first-order chi connectivity index (χ1) is 22.7. The van der Waals surface area contributed by atoms with Crippen LogP contribution in [-0.4, -0.2) is 53.9 Å². The Balaban J connectivity index is 0.00000113. The maximum absolute atomic E-state index is 15.4. The predicted molar refractivity (Wildman–Crippen MR) is 175 cm³/mol. The summed E-state index contributed by atoms with van der Waals surface area (Å²) in [5.74, 6) is -3.65. The normalized spacial score (nSPS) is 11.1. The van der Waals surface area contributed by atoms with E-state index in [0.29, 0.717) is 18.9 Å². The number of ether oxygens (including phenoxy) is 1. The number of benzene rings is 3. The van der Waals surface area contributed by atoms with Crippen LogP contribution in [0.4, 0.5) is 22.0 Å². The topological polar surface area (TPSA) is 87.2 Å². The number of allylic oxidation sites excluding steroid dienone is 1. The first kappa shape index (κ1) is 41.3. The van der Waals surface area contributed by atoms with Crippen molar-refractivity contribution in [2.75, 3.05) is 20.7 Å². The highest BCUT2D eigenvalue weighted by Crippen LogP contribution is 2.35. The minimum absolute atomic E-state index is 0.162. The molecule has 262 valence electrons. The number of carboxylic acids is 1. The van der Waals surface area contributed by atoms with Crippen LogP contribution in [-0.2, 0) is 33.5 Å². The van der Waals surface area contributed by atoms with E-state index < -0.39 is 47.4 Å². The van der Waals surface area contributed by atoms with Gasteiger partial charge in [0.25, 0.3) is 5.91 Å². The van der Waals surface area contributed by atoms with Gasteiger partial charge in [0.05, 0.1) is 24.8 Å². The van der Waals surface area contributed by atoms with E-state index in [4.69, 9.17) is 9.84 Å². The van der Waals surface area contributed by atoms with Crippen LogP contribution >= 0.6 is 0 Å². The van der Waals surface area contributed by atoms with Gasteiger partial charge in [0.15, 0.2) is 11.6 Å². The third-order valence-electron chi connectivity index (χ3n) is 6.73. The second kappa shape index (κ2) is 20.5. The van der Waals surface area contributed by atoms with E-state index in [2.05, 4.69) is 13.8 Å². The number of likely N-dealkylation sites (N-methyl/N-ethyl adjacent to an activating group) is 1. The molecule has 3 aromatic carbocycles. The number of alkyl halides is 3. The maximum atomic E-state index is 15.4. The molecule has 0 aliphatic rings. The molecule has 0 unspecified atom stereocenters. The van der Waals surface area contributed by atoms with Gasteiger partial charge in [-0.1, -0.05) is 75.7 Å². The molecule has 3 aromatic rings. The van der Waals surface area contributed by atoms with E-state index in [0.717, 1.165) is 29.0 Å². The molecule has 0 fully saturated rings. The fourth-order valence-electron chi connectivity index (χ4n) is 4.31. The lowest BCUT2D eigenvalue weighted by molar-refractivity contribution is -0.139. The standard InChI is InChI=1S/C29H27F5N2O3.C4H8O2.C3H8/c1-19(36(18-37)17-22-23(29(32,33)34)12-8-13-24(22)30)26(21-11-7-14-25(39-3)27(21)31)28(38)35(2)16-15-20-9-5-4-6-10-20;1-2-3-4(5)6;1-3-2/h4-14,18H,15-17H2,1-3H3;2-3H2,1H3,(H,5,6);3H2,1-2H3/b26-19-;;. The van der Waals surface area contributed by atoms with Gasteiger partial charge in [-0.05, 0) is 43.5 Å². The monoisotopic (exact) mass is 678 g/mol. The summed E-state index contributed by atoms with van der Waals surface area (Å²) in [6.07, 6.45) is -1.97. The molecule has 0 aliphatic heterocycles. The van der Waals surface area contributed by atoms with E-state index in [1.165, 1.54) is 50.6 Å². The number of aliphatic carboxylic acids is 1. The van der Waals surface area contributed by atoms with Gasteiger partial charge in [0, 0.05) is 36.8 Å². The minimum atomic E-state index is -4.89. The van der Waals surface area contributed by atoms with E-state index in [9.17, 15) is 31.9 Å². The average Bonchev–Trinajstić information content (AvgIpc) is 3.04. The van der Waals surface area contributed by atoms with Crippen molar-refractivity contribution in [3.63, 3.8) is 0 Å². The maximum Gasteiger partial charge on any atom is 0.416 e. The molecule has 48 heavy (non-hydrogen) atoms. The van der Waals surface area contributed by atoms with Gasteiger partial charge in [0.2, 0.25) is 6.41 Å². The quantitative estimate of drug-likeness (QED) is 0.118. The van der Waals surface area contributed by atoms with Crippen LogP contribution in [0.15, 0.2) is 72.4 Å². The summed E-state index contributed by atoms with van der Waals surface area (Å²) in [4.78, 5) is 37.5. The SMILES string of the molecule is CCC.CCCC(=O)O.COc1cccc(/C(C(=O)N(C)CCc2ccccc2)=C(\C)N(C=O)Cc2c(F)cccc2C(F)(F)F)c1F. The lowest BCUT2D eigenvalue weighted by Gasteiger charge is -2.26. The van der Waals surface area contributed by atoms with Crippen LogP contribution in [0.25, 0.3) is 5.57 Å². The Hall–Kier alpha value is -4.74. The molecule has 7 nitrogen and oxygen atoms in total. The average molecular weight is 679 g/mol. The first-order valence-electron chi connectivity index (χ1n) is 15.3. The Bertz CT molecular complexity index is 1510. The minimum Gasteiger partial charge on any atom is -0.494 e. The van der Waals surface area contributed by atoms with Crippen LogP contribution in [0.5, 0.6) is 5.75 Å². The smallest absolute Gasteiger partial charge is 0.416 e. The number of carbonyl (C=O) groups is 3. The lowest BCUT2D eigenvalue weighted by Crippen LogP contribution is -2.32. The highest BCUT2D eigenvalue weighted by molar-refractivity contribution is 6.20. The third-order valence-corrected chi connectivity index (χ3v) is 6.73. The highest BCUT2D eigenvalue weighted by atomic mass is 19.4. The van der Waals surface area contributed by atoms with Crippen molar-refractivity contribution >= 4 is 23.9 Å². The second-order valence-electron chi connectivity index (χ2n) is 10.6. The van der Waals surface area contributed by atoms with Gasteiger partial charge >= 0.3 is 12.1 Å². The van der Waals surface area contributed by atoms with Crippen LogP contribution in [0.3, 0.4) is 0 Å². The van der Waals surface area contributed by atoms with Gasteiger partial charge in [-0.15, -0.1) is 0 Å². The van der Waals surface area contributed by atoms with Crippen LogP contribution in [0.1, 0.15) is 69.2 Å². The van der Waals surface area contributed by atoms with Crippen molar-refractivity contribution in [2.45, 2.75) is 66.1 Å². The number of hydrogen-bond acceptors (Lipinski definition) is 4. The van der Waals surface area contributed by atoms with Crippen LogP contribution < -0.4 is 4.74 Å². The van der Waals surface area contributed by atoms with E-state index >= 15 is 4.39 Å². The number of nitrogens with zero attached hydrogens (tertiary/aromatic N) is 2. The first-order valence-corrected chi connectivity index (χ1v) is 15.3. The van der Waals surface area contributed by atoms with E-state index in [-0.39, 0.29) is 35.5 Å². The van der Waals surface area contributed by atoms with Gasteiger partial charge < -0.3 is 19.6 Å². The zero-order chi connectivity index (χ0) is 36.4. The van der Waals surface area contributed by atoms with Crippen molar-refractivity contribution < 1.29 is 46.2 Å². The number of halogens is 5. The third kappa shape index (κ3) is 12.5. The summed E-state index contributed by atoms with van der Waals surface area (Å²) in [6.45, 7) is 6.76. The summed E-state index contributed by atoms with van der Waals surface area (Å²) >= 11 is 0. The van der Waals surface area contributed by atoms with Crippen molar-refractivity contribution in [2.24, 2.45) is 0 Å². The Morgan fingerprint density at radius 3 is 2.04 bits per heavy atom. The predicted octanol–water partition coefficient (Wildman–Crippen LogP) is 8.37.